The molecule has 0 aliphatic carbocycles. The van der Waals surface area contributed by atoms with E-state index in [0.29, 0.717) is 6.42 Å². The van der Waals surface area contributed by atoms with Crippen LogP contribution in [-0.2, 0) is 42.9 Å². The first kappa shape index (κ1) is 21.9. The summed E-state index contributed by atoms with van der Waals surface area (Å²) in [5.41, 5.74) is 0. The normalized spacial score (nSPS) is 22.4. The van der Waals surface area contributed by atoms with Crippen LogP contribution in [0.15, 0.2) is 0 Å². The van der Waals surface area contributed by atoms with Crippen molar-refractivity contribution in [2.24, 2.45) is 5.92 Å². The van der Waals surface area contributed by atoms with E-state index in [-0.39, 0.29) is 26.2 Å². The molecule has 1 saturated heterocycles. The van der Waals surface area contributed by atoms with E-state index in [1.807, 2.05) is 0 Å². The van der Waals surface area contributed by atoms with Crippen LogP contribution in [0.5, 0.6) is 0 Å². The van der Waals surface area contributed by atoms with Crippen molar-refractivity contribution in [3.05, 3.63) is 0 Å². The highest BCUT2D eigenvalue weighted by molar-refractivity contribution is 5.95. The predicted octanol–water partition coefficient (Wildman–Crippen LogP) is 0.771. The number of hydrogen-bond acceptors (Lipinski definition) is 9. The third-order valence-electron chi connectivity index (χ3n) is 3.72. The van der Waals surface area contributed by atoms with Crippen molar-refractivity contribution in [3.8, 4) is 0 Å². The Morgan fingerprint density at radius 3 is 1.96 bits per heavy atom. The molecule has 1 heterocycles. The van der Waals surface area contributed by atoms with Crippen LogP contribution in [0.25, 0.3) is 0 Å². The predicted molar refractivity (Wildman–Crippen MR) is 86.8 cm³/mol. The molecule has 0 amide bonds. The van der Waals surface area contributed by atoms with Gasteiger partial charge >= 0.3 is 23.9 Å². The summed E-state index contributed by atoms with van der Waals surface area (Å²) in [6, 6.07) is 0. The molecule has 0 saturated carbocycles. The standard InChI is InChI=1S/C17H26O9/c1-5-22-16(20)15(17(21)23-6-2)13-8-7-12(25-11(4)19)14(26-13)9-24-10(3)18/h12-15H,5-9H2,1-4H3/t12-,13-,14+/m0/s1. The molecule has 0 aromatic heterocycles. The summed E-state index contributed by atoms with van der Waals surface area (Å²) in [6.45, 7) is 5.80. The summed E-state index contributed by atoms with van der Waals surface area (Å²) < 4.78 is 25.9. The number of carbonyl (C=O) groups excluding carboxylic acids is 4. The van der Waals surface area contributed by atoms with E-state index in [1.54, 1.807) is 13.8 Å². The Morgan fingerprint density at radius 1 is 0.923 bits per heavy atom. The molecule has 0 aromatic rings. The highest BCUT2D eigenvalue weighted by atomic mass is 16.6. The third-order valence-corrected chi connectivity index (χ3v) is 3.72. The Labute approximate surface area is 152 Å². The molecule has 9 heteroatoms. The number of hydrogen-bond donors (Lipinski definition) is 0. The van der Waals surface area contributed by atoms with Gasteiger partial charge in [0.2, 0.25) is 0 Å². The first-order valence-corrected chi connectivity index (χ1v) is 8.59. The summed E-state index contributed by atoms with van der Waals surface area (Å²) in [5.74, 6) is -3.77. The Hall–Kier alpha value is -2.16. The van der Waals surface area contributed by atoms with Gasteiger partial charge in [0, 0.05) is 13.8 Å². The van der Waals surface area contributed by atoms with E-state index in [4.69, 9.17) is 23.7 Å². The Bertz CT molecular complexity index is 498. The fraction of sp³-hybridized carbons (Fsp3) is 0.765. The lowest BCUT2D eigenvalue weighted by Crippen LogP contribution is -2.50. The van der Waals surface area contributed by atoms with Gasteiger partial charge in [0.25, 0.3) is 0 Å². The summed E-state index contributed by atoms with van der Waals surface area (Å²) in [4.78, 5) is 46.8. The van der Waals surface area contributed by atoms with E-state index in [2.05, 4.69) is 0 Å². The largest absolute Gasteiger partial charge is 0.465 e. The molecule has 0 aromatic carbocycles. The topological polar surface area (TPSA) is 114 Å². The fourth-order valence-electron chi connectivity index (χ4n) is 2.70. The van der Waals surface area contributed by atoms with Crippen LogP contribution in [0.3, 0.4) is 0 Å². The first-order chi connectivity index (χ1) is 12.3. The van der Waals surface area contributed by atoms with Crippen molar-refractivity contribution >= 4 is 23.9 Å². The van der Waals surface area contributed by atoms with Gasteiger partial charge in [0.15, 0.2) is 5.92 Å². The zero-order valence-electron chi connectivity index (χ0n) is 15.5. The molecular weight excluding hydrogens is 348 g/mol. The molecule has 0 unspecified atom stereocenters. The summed E-state index contributed by atoms with van der Waals surface area (Å²) in [5, 5.41) is 0. The third kappa shape index (κ3) is 6.62. The second-order valence-electron chi connectivity index (χ2n) is 5.72. The molecule has 9 nitrogen and oxygen atoms in total. The smallest absolute Gasteiger partial charge is 0.323 e. The van der Waals surface area contributed by atoms with Crippen LogP contribution >= 0.6 is 0 Å². The van der Waals surface area contributed by atoms with Crippen LogP contribution in [0.2, 0.25) is 0 Å². The van der Waals surface area contributed by atoms with Gasteiger partial charge in [-0.05, 0) is 26.7 Å². The van der Waals surface area contributed by atoms with Gasteiger partial charge in [-0.15, -0.1) is 0 Å². The van der Waals surface area contributed by atoms with Crippen LogP contribution in [0.4, 0.5) is 0 Å². The molecule has 1 aliphatic rings. The Morgan fingerprint density at radius 2 is 1.50 bits per heavy atom. The minimum atomic E-state index is -1.26. The van der Waals surface area contributed by atoms with Gasteiger partial charge in [-0.1, -0.05) is 0 Å². The molecule has 0 N–H and O–H groups in total. The molecular formula is C17H26O9. The van der Waals surface area contributed by atoms with Crippen molar-refractivity contribution in [1.82, 2.24) is 0 Å². The van der Waals surface area contributed by atoms with Crippen LogP contribution in [0, 0.1) is 5.92 Å². The molecule has 0 spiro atoms. The maximum absolute atomic E-state index is 12.2. The van der Waals surface area contributed by atoms with Gasteiger partial charge < -0.3 is 23.7 Å². The highest BCUT2D eigenvalue weighted by Gasteiger charge is 2.44. The molecule has 0 radical (unpaired) electrons. The number of rotatable bonds is 8. The maximum Gasteiger partial charge on any atom is 0.323 e. The summed E-state index contributed by atoms with van der Waals surface area (Å²) in [7, 11) is 0. The van der Waals surface area contributed by atoms with Crippen molar-refractivity contribution < 1.29 is 42.9 Å². The second kappa shape index (κ2) is 10.7. The average Bonchev–Trinajstić information content (AvgIpc) is 2.55. The Kier molecular flexibility index (Phi) is 9.04. The van der Waals surface area contributed by atoms with Gasteiger partial charge in [-0.3, -0.25) is 19.2 Å². The zero-order valence-corrected chi connectivity index (χ0v) is 15.5. The van der Waals surface area contributed by atoms with Crippen LogP contribution in [0.1, 0.15) is 40.5 Å². The average molecular weight is 374 g/mol. The maximum atomic E-state index is 12.2. The summed E-state index contributed by atoms with van der Waals surface area (Å²) >= 11 is 0. The van der Waals surface area contributed by atoms with Crippen molar-refractivity contribution in [1.29, 1.82) is 0 Å². The second-order valence-corrected chi connectivity index (χ2v) is 5.72. The molecule has 26 heavy (non-hydrogen) atoms. The zero-order chi connectivity index (χ0) is 19.7. The molecule has 148 valence electrons. The van der Waals surface area contributed by atoms with E-state index in [9.17, 15) is 19.2 Å². The molecule has 0 bridgehead atoms. The van der Waals surface area contributed by atoms with E-state index < -0.39 is 48.1 Å². The van der Waals surface area contributed by atoms with Gasteiger partial charge in [0.05, 0.1) is 19.3 Å². The number of esters is 4. The lowest BCUT2D eigenvalue weighted by Gasteiger charge is -2.37. The fourth-order valence-corrected chi connectivity index (χ4v) is 2.70. The molecule has 1 rings (SSSR count). The van der Waals surface area contributed by atoms with E-state index in [0.717, 1.165) is 0 Å². The number of ether oxygens (including phenoxy) is 5. The molecule has 1 aliphatic heterocycles. The van der Waals surface area contributed by atoms with E-state index >= 15 is 0 Å². The van der Waals surface area contributed by atoms with Crippen molar-refractivity contribution in [2.45, 2.75) is 58.8 Å². The monoisotopic (exact) mass is 374 g/mol. The van der Waals surface area contributed by atoms with Crippen molar-refractivity contribution in [3.63, 3.8) is 0 Å². The lowest BCUT2D eigenvalue weighted by molar-refractivity contribution is -0.198. The van der Waals surface area contributed by atoms with Crippen LogP contribution < -0.4 is 0 Å². The molecule has 3 atom stereocenters. The Balaban J connectivity index is 2.94. The lowest BCUT2D eigenvalue weighted by atomic mass is 9.92. The minimum absolute atomic E-state index is 0.106. The van der Waals surface area contributed by atoms with E-state index in [1.165, 1.54) is 13.8 Å². The number of carbonyl (C=O) groups is 4. The summed E-state index contributed by atoms with van der Waals surface area (Å²) in [6.07, 6.45) is -1.66. The SMILES string of the molecule is CCOC(=O)C(C(=O)OCC)[C@@H]1CC[C@H](OC(C)=O)[C@@H](COC(C)=O)O1. The van der Waals surface area contributed by atoms with Crippen molar-refractivity contribution in [2.75, 3.05) is 19.8 Å². The van der Waals surface area contributed by atoms with Gasteiger partial charge in [-0.2, -0.15) is 0 Å². The first-order valence-electron chi connectivity index (χ1n) is 8.59. The highest BCUT2D eigenvalue weighted by Crippen LogP contribution is 2.29. The van der Waals surface area contributed by atoms with Crippen LogP contribution in [-0.4, -0.2) is 62.0 Å². The van der Waals surface area contributed by atoms with Gasteiger partial charge in [-0.25, -0.2) is 0 Å². The quantitative estimate of drug-likeness (QED) is 0.345. The van der Waals surface area contributed by atoms with Gasteiger partial charge in [0.1, 0.15) is 18.8 Å². The molecule has 1 fully saturated rings. The minimum Gasteiger partial charge on any atom is -0.465 e.